The summed E-state index contributed by atoms with van der Waals surface area (Å²) in [5.74, 6) is 0.285. The average Bonchev–Trinajstić information content (AvgIpc) is 2.75. The van der Waals surface area contributed by atoms with Crippen molar-refractivity contribution in [1.82, 2.24) is 5.32 Å². The summed E-state index contributed by atoms with van der Waals surface area (Å²) < 4.78 is 10.8. The molecule has 0 heterocycles. The third kappa shape index (κ3) is 10.9. The summed E-state index contributed by atoms with van der Waals surface area (Å²) in [7, 11) is 0. The van der Waals surface area contributed by atoms with Crippen LogP contribution in [0, 0.1) is 0 Å². The number of hydrogen-bond acceptors (Lipinski definition) is 5. The van der Waals surface area contributed by atoms with E-state index in [1.807, 2.05) is 12.1 Å². The van der Waals surface area contributed by atoms with E-state index in [2.05, 4.69) is 48.9 Å². The summed E-state index contributed by atoms with van der Waals surface area (Å²) in [6, 6.07) is 14.8. The summed E-state index contributed by atoms with van der Waals surface area (Å²) in [5.41, 5.74) is 1.88. The van der Waals surface area contributed by atoms with Gasteiger partial charge in [-0.15, -0.1) is 0 Å². The molecule has 2 rings (SSSR count). The molecule has 0 aliphatic heterocycles. The van der Waals surface area contributed by atoms with Gasteiger partial charge in [-0.25, -0.2) is 4.79 Å². The number of carbonyl (C=O) groups excluding carboxylic acids is 3. The van der Waals surface area contributed by atoms with Gasteiger partial charge in [-0.3, -0.25) is 9.59 Å². The predicted molar refractivity (Wildman–Crippen MR) is 138 cm³/mol. The zero-order valence-electron chi connectivity index (χ0n) is 21.5. The Bertz CT molecular complexity index is 987. The molecule has 0 aliphatic rings. The number of carbonyl (C=O) groups is 3. The van der Waals surface area contributed by atoms with Gasteiger partial charge < -0.3 is 25.4 Å². The van der Waals surface area contributed by atoms with Crippen molar-refractivity contribution in [1.29, 1.82) is 0 Å². The number of alkyl carbamates (subject to hydrolysis) is 1. The lowest BCUT2D eigenvalue weighted by Gasteiger charge is -2.19. The van der Waals surface area contributed by atoms with Crippen molar-refractivity contribution in [2.45, 2.75) is 65.4 Å². The summed E-state index contributed by atoms with van der Waals surface area (Å²) in [5, 5.41) is 7.90. The zero-order valence-corrected chi connectivity index (χ0v) is 21.5. The minimum absolute atomic E-state index is 0.0966. The van der Waals surface area contributed by atoms with Gasteiger partial charge in [0.05, 0.1) is 6.61 Å². The van der Waals surface area contributed by atoms with Gasteiger partial charge in [0.15, 0.2) is 0 Å². The van der Waals surface area contributed by atoms with Gasteiger partial charge in [-0.05, 0) is 74.6 Å². The SMILES string of the molecule is CC(C)(C)OC(=O)NCC(=O)Nc1ccc(NC(=O)CCCOc2ccc(C(C)(C)C)cc2)cc1. The van der Waals surface area contributed by atoms with Crippen LogP contribution in [0.5, 0.6) is 5.75 Å². The first-order valence-electron chi connectivity index (χ1n) is 11.7. The molecule has 0 atom stereocenters. The van der Waals surface area contributed by atoms with Crippen LogP contribution in [0.4, 0.5) is 16.2 Å². The lowest BCUT2D eigenvalue weighted by atomic mass is 9.87. The molecule has 8 nitrogen and oxygen atoms in total. The van der Waals surface area contributed by atoms with Gasteiger partial charge in [-0.2, -0.15) is 0 Å². The maximum Gasteiger partial charge on any atom is 0.408 e. The topological polar surface area (TPSA) is 106 Å². The molecule has 0 unspecified atom stereocenters. The Morgan fingerprint density at radius 2 is 1.31 bits per heavy atom. The molecule has 8 heteroatoms. The molecule has 0 spiro atoms. The minimum atomic E-state index is -0.658. The maximum atomic E-state index is 12.2. The summed E-state index contributed by atoms with van der Waals surface area (Å²) in [6.07, 6.45) is 0.259. The van der Waals surface area contributed by atoms with E-state index in [4.69, 9.17) is 9.47 Å². The normalized spacial score (nSPS) is 11.4. The van der Waals surface area contributed by atoms with Crippen LogP contribution in [0.25, 0.3) is 0 Å². The first-order valence-corrected chi connectivity index (χ1v) is 11.7. The number of benzene rings is 2. The van der Waals surface area contributed by atoms with Gasteiger partial charge in [0.25, 0.3) is 0 Å². The van der Waals surface area contributed by atoms with Gasteiger partial charge >= 0.3 is 6.09 Å². The fourth-order valence-electron chi connectivity index (χ4n) is 3.01. The highest BCUT2D eigenvalue weighted by Gasteiger charge is 2.16. The number of ether oxygens (including phenoxy) is 2. The standard InChI is InChI=1S/C27H37N3O5/c1-26(2,3)19-9-15-22(16-10-19)34-17-7-8-23(31)29-20-11-13-21(14-12-20)30-24(32)18-28-25(33)35-27(4,5)6/h9-16H,7-8,17-18H2,1-6H3,(H,28,33)(H,29,31)(H,30,32). The molecular formula is C27H37N3O5. The smallest absolute Gasteiger partial charge is 0.408 e. The number of nitrogens with one attached hydrogen (secondary N) is 3. The van der Waals surface area contributed by atoms with Gasteiger partial charge in [-0.1, -0.05) is 32.9 Å². The first-order chi connectivity index (χ1) is 16.3. The highest BCUT2D eigenvalue weighted by molar-refractivity contribution is 5.94. The van der Waals surface area contributed by atoms with Crippen LogP contribution in [-0.2, 0) is 19.7 Å². The molecule has 0 saturated carbocycles. The Labute approximate surface area is 207 Å². The van der Waals surface area contributed by atoms with Crippen LogP contribution < -0.4 is 20.7 Å². The third-order valence-corrected chi connectivity index (χ3v) is 4.78. The Balaban J connectivity index is 1.67. The Morgan fingerprint density at radius 1 is 0.771 bits per heavy atom. The Morgan fingerprint density at radius 3 is 1.83 bits per heavy atom. The van der Waals surface area contributed by atoms with E-state index in [-0.39, 0.29) is 23.8 Å². The van der Waals surface area contributed by atoms with Crippen molar-refractivity contribution < 1.29 is 23.9 Å². The maximum absolute atomic E-state index is 12.2. The second-order valence-corrected chi connectivity index (χ2v) is 10.3. The largest absolute Gasteiger partial charge is 0.494 e. The van der Waals surface area contributed by atoms with Crippen LogP contribution >= 0.6 is 0 Å². The molecule has 35 heavy (non-hydrogen) atoms. The van der Waals surface area contributed by atoms with Gasteiger partial charge in [0.2, 0.25) is 11.8 Å². The highest BCUT2D eigenvalue weighted by atomic mass is 16.6. The Hall–Kier alpha value is -3.55. The van der Waals surface area contributed by atoms with Crippen molar-refractivity contribution in [2.75, 3.05) is 23.8 Å². The first kappa shape index (κ1) is 27.7. The number of hydrogen-bond donors (Lipinski definition) is 3. The zero-order chi connectivity index (χ0) is 26.1. The van der Waals surface area contributed by atoms with Crippen LogP contribution in [0.3, 0.4) is 0 Å². The van der Waals surface area contributed by atoms with Gasteiger partial charge in [0.1, 0.15) is 17.9 Å². The number of anilines is 2. The summed E-state index contributed by atoms with van der Waals surface area (Å²) >= 11 is 0. The minimum Gasteiger partial charge on any atom is -0.494 e. The van der Waals surface area contributed by atoms with Crippen molar-refractivity contribution in [3.63, 3.8) is 0 Å². The number of amides is 3. The van der Waals surface area contributed by atoms with E-state index in [9.17, 15) is 14.4 Å². The molecule has 0 aromatic heterocycles. The van der Waals surface area contributed by atoms with Gasteiger partial charge in [0, 0.05) is 17.8 Å². The average molecular weight is 484 g/mol. The van der Waals surface area contributed by atoms with Crippen LogP contribution in [0.15, 0.2) is 48.5 Å². The highest BCUT2D eigenvalue weighted by Crippen LogP contribution is 2.24. The molecule has 2 aromatic carbocycles. The van der Waals surface area contributed by atoms with Crippen LogP contribution in [0.1, 0.15) is 59.9 Å². The lowest BCUT2D eigenvalue weighted by molar-refractivity contribution is -0.116. The van der Waals surface area contributed by atoms with Crippen molar-refractivity contribution in [2.24, 2.45) is 0 Å². The van der Waals surface area contributed by atoms with Crippen molar-refractivity contribution in [3.8, 4) is 5.75 Å². The molecule has 2 aromatic rings. The lowest BCUT2D eigenvalue weighted by Crippen LogP contribution is -2.37. The van der Waals surface area contributed by atoms with Crippen LogP contribution in [-0.4, -0.2) is 36.7 Å². The molecule has 3 amide bonds. The molecular weight excluding hydrogens is 446 g/mol. The molecule has 0 saturated heterocycles. The van der Waals surface area contributed by atoms with E-state index < -0.39 is 11.7 Å². The monoisotopic (exact) mass is 483 g/mol. The van der Waals surface area contributed by atoms with Crippen molar-refractivity contribution in [3.05, 3.63) is 54.1 Å². The van der Waals surface area contributed by atoms with E-state index in [0.717, 1.165) is 5.75 Å². The second-order valence-electron chi connectivity index (χ2n) is 10.3. The molecule has 0 radical (unpaired) electrons. The predicted octanol–water partition coefficient (Wildman–Crippen LogP) is 5.25. The Kier molecular flexibility index (Phi) is 9.68. The molecule has 3 N–H and O–H groups in total. The van der Waals surface area contributed by atoms with E-state index in [1.165, 1.54) is 5.56 Å². The quantitative estimate of drug-likeness (QED) is 0.423. The second kappa shape index (κ2) is 12.2. The van der Waals surface area contributed by atoms with E-state index >= 15 is 0 Å². The fraction of sp³-hybridized carbons (Fsp3) is 0.444. The molecule has 190 valence electrons. The van der Waals surface area contributed by atoms with Crippen molar-refractivity contribution >= 4 is 29.3 Å². The van der Waals surface area contributed by atoms with E-state index in [1.54, 1.807) is 45.0 Å². The van der Waals surface area contributed by atoms with E-state index in [0.29, 0.717) is 30.8 Å². The van der Waals surface area contributed by atoms with Crippen LogP contribution in [0.2, 0.25) is 0 Å². The molecule has 0 aliphatic carbocycles. The molecule has 0 fully saturated rings. The third-order valence-electron chi connectivity index (χ3n) is 4.78. The summed E-state index contributed by atoms with van der Waals surface area (Å²) in [6.45, 7) is 12.0. The number of rotatable bonds is 9. The molecule has 0 bridgehead atoms. The summed E-state index contributed by atoms with van der Waals surface area (Å²) in [4.78, 5) is 35.8. The fourth-order valence-corrected chi connectivity index (χ4v) is 3.01.